The summed E-state index contributed by atoms with van der Waals surface area (Å²) in [5, 5.41) is 4.27. The summed E-state index contributed by atoms with van der Waals surface area (Å²) in [7, 11) is 1.84. The first kappa shape index (κ1) is 11.5. The van der Waals surface area contributed by atoms with Gasteiger partial charge in [0.05, 0.1) is 11.3 Å². The van der Waals surface area contributed by atoms with Crippen molar-refractivity contribution in [2.75, 3.05) is 5.73 Å². The third-order valence-electron chi connectivity index (χ3n) is 2.96. The Bertz CT molecular complexity index is 681. The second-order valence-corrected chi connectivity index (χ2v) is 4.53. The highest BCUT2D eigenvalue weighted by Crippen LogP contribution is 2.23. The van der Waals surface area contributed by atoms with E-state index in [1.54, 1.807) is 11.0 Å². The van der Waals surface area contributed by atoms with Crippen LogP contribution in [0.25, 0.3) is 11.4 Å². The lowest BCUT2D eigenvalue weighted by Gasteiger charge is -2.01. The van der Waals surface area contributed by atoms with Crippen molar-refractivity contribution in [1.82, 2.24) is 19.3 Å². The molecule has 3 aromatic rings. The topological polar surface area (TPSA) is 61.7 Å². The summed E-state index contributed by atoms with van der Waals surface area (Å²) < 4.78 is 3.72. The van der Waals surface area contributed by atoms with Crippen LogP contribution >= 0.6 is 0 Å². The van der Waals surface area contributed by atoms with Crippen molar-refractivity contribution in [3.8, 4) is 11.4 Å². The van der Waals surface area contributed by atoms with Gasteiger partial charge in [-0.2, -0.15) is 5.10 Å². The smallest absolute Gasteiger partial charge is 0.184 e. The summed E-state index contributed by atoms with van der Waals surface area (Å²) >= 11 is 0. The van der Waals surface area contributed by atoms with Gasteiger partial charge in [0.1, 0.15) is 6.33 Å². The second kappa shape index (κ2) is 4.61. The van der Waals surface area contributed by atoms with Gasteiger partial charge in [0.2, 0.25) is 0 Å². The van der Waals surface area contributed by atoms with E-state index in [1.165, 1.54) is 5.56 Å². The van der Waals surface area contributed by atoms with Crippen molar-refractivity contribution >= 4 is 5.69 Å². The predicted molar refractivity (Wildman–Crippen MR) is 74.4 cm³/mol. The van der Waals surface area contributed by atoms with E-state index in [4.69, 9.17) is 5.73 Å². The van der Waals surface area contributed by atoms with Crippen molar-refractivity contribution in [2.24, 2.45) is 7.05 Å². The van der Waals surface area contributed by atoms with Crippen LogP contribution in [0.4, 0.5) is 5.69 Å². The number of nitrogens with two attached hydrogens (primary N) is 1. The van der Waals surface area contributed by atoms with Gasteiger partial charge in [-0.05, 0) is 5.56 Å². The maximum Gasteiger partial charge on any atom is 0.184 e. The molecule has 0 aliphatic carbocycles. The highest BCUT2D eigenvalue weighted by atomic mass is 15.3. The first-order valence-electron chi connectivity index (χ1n) is 6.07. The van der Waals surface area contributed by atoms with Crippen LogP contribution in [0.5, 0.6) is 0 Å². The Balaban J connectivity index is 1.89. The van der Waals surface area contributed by atoms with Gasteiger partial charge in [-0.15, -0.1) is 0 Å². The number of nitrogens with zero attached hydrogens (tertiary/aromatic N) is 4. The van der Waals surface area contributed by atoms with E-state index in [0.29, 0.717) is 11.5 Å². The highest BCUT2D eigenvalue weighted by Gasteiger charge is 2.10. The molecule has 19 heavy (non-hydrogen) atoms. The average molecular weight is 253 g/mol. The van der Waals surface area contributed by atoms with Crippen LogP contribution in [-0.4, -0.2) is 19.3 Å². The molecule has 0 fully saturated rings. The van der Waals surface area contributed by atoms with Crippen LogP contribution < -0.4 is 5.73 Å². The molecule has 0 spiro atoms. The Hall–Kier alpha value is -2.56. The standard InChI is InChI=1S/C14H15N5/c1-18-10-16-14(17-18)12-8-19(9-13(12)15)7-11-5-3-2-4-6-11/h2-6,8-10H,7,15H2,1H3. The van der Waals surface area contributed by atoms with E-state index in [9.17, 15) is 0 Å². The molecule has 5 heteroatoms. The number of aryl methyl sites for hydroxylation is 1. The Morgan fingerprint density at radius 2 is 1.95 bits per heavy atom. The third kappa shape index (κ3) is 2.35. The van der Waals surface area contributed by atoms with Crippen molar-refractivity contribution in [1.29, 1.82) is 0 Å². The molecule has 0 unspecified atom stereocenters. The quantitative estimate of drug-likeness (QED) is 0.775. The SMILES string of the molecule is Cn1cnc(-c2cn(Cc3ccccc3)cc2N)n1. The highest BCUT2D eigenvalue weighted by molar-refractivity contribution is 5.70. The van der Waals surface area contributed by atoms with Crippen LogP contribution in [0, 0.1) is 0 Å². The molecule has 0 aliphatic heterocycles. The molecule has 0 atom stereocenters. The largest absolute Gasteiger partial charge is 0.397 e. The summed E-state index contributed by atoms with van der Waals surface area (Å²) in [5.41, 5.74) is 8.83. The fraction of sp³-hybridized carbons (Fsp3) is 0.143. The van der Waals surface area contributed by atoms with E-state index >= 15 is 0 Å². The van der Waals surface area contributed by atoms with Gasteiger partial charge >= 0.3 is 0 Å². The average Bonchev–Trinajstić information content (AvgIpc) is 2.97. The van der Waals surface area contributed by atoms with E-state index in [-0.39, 0.29) is 0 Å². The Morgan fingerprint density at radius 3 is 2.63 bits per heavy atom. The van der Waals surface area contributed by atoms with E-state index in [2.05, 4.69) is 26.8 Å². The maximum absolute atomic E-state index is 6.03. The lowest BCUT2D eigenvalue weighted by Crippen LogP contribution is -1.95. The molecule has 3 rings (SSSR count). The number of anilines is 1. The zero-order valence-corrected chi connectivity index (χ0v) is 10.7. The van der Waals surface area contributed by atoms with Crippen molar-refractivity contribution in [3.05, 3.63) is 54.6 Å². The normalized spacial score (nSPS) is 10.8. The van der Waals surface area contributed by atoms with Crippen LogP contribution in [-0.2, 0) is 13.6 Å². The van der Waals surface area contributed by atoms with Crippen molar-refractivity contribution < 1.29 is 0 Å². The van der Waals surface area contributed by atoms with Gasteiger partial charge in [0.25, 0.3) is 0 Å². The fourth-order valence-corrected chi connectivity index (χ4v) is 2.06. The summed E-state index contributed by atoms with van der Waals surface area (Å²) in [6.45, 7) is 0.790. The lowest BCUT2D eigenvalue weighted by atomic mass is 10.2. The number of rotatable bonds is 3. The van der Waals surface area contributed by atoms with Gasteiger partial charge in [-0.3, -0.25) is 4.68 Å². The molecule has 2 N–H and O–H groups in total. The maximum atomic E-state index is 6.03. The van der Waals surface area contributed by atoms with E-state index in [0.717, 1.165) is 12.1 Å². The van der Waals surface area contributed by atoms with E-state index < -0.39 is 0 Å². The monoisotopic (exact) mass is 253 g/mol. The van der Waals surface area contributed by atoms with Crippen molar-refractivity contribution in [2.45, 2.75) is 6.54 Å². The van der Waals surface area contributed by atoms with Crippen molar-refractivity contribution in [3.63, 3.8) is 0 Å². The van der Waals surface area contributed by atoms with Crippen LogP contribution in [0.3, 0.4) is 0 Å². The van der Waals surface area contributed by atoms with Crippen LogP contribution in [0.2, 0.25) is 0 Å². The van der Waals surface area contributed by atoms with Gasteiger partial charge in [0.15, 0.2) is 5.82 Å². The first-order chi connectivity index (χ1) is 9.22. The molecule has 1 aromatic carbocycles. The molecule has 0 aliphatic rings. The Morgan fingerprint density at radius 1 is 1.16 bits per heavy atom. The second-order valence-electron chi connectivity index (χ2n) is 4.53. The predicted octanol–water partition coefficient (Wildman–Crippen LogP) is 1.91. The summed E-state index contributed by atoms with van der Waals surface area (Å²) in [6.07, 6.45) is 5.57. The number of nitrogen functional groups attached to an aromatic ring is 1. The van der Waals surface area contributed by atoms with Gasteiger partial charge in [-0.1, -0.05) is 30.3 Å². The van der Waals surface area contributed by atoms with Gasteiger partial charge in [-0.25, -0.2) is 4.98 Å². The number of hydrogen-bond acceptors (Lipinski definition) is 3. The van der Waals surface area contributed by atoms with Gasteiger partial charge in [0, 0.05) is 26.0 Å². The number of benzene rings is 1. The molecule has 2 aromatic heterocycles. The zero-order valence-electron chi connectivity index (χ0n) is 10.7. The molecule has 96 valence electrons. The lowest BCUT2D eigenvalue weighted by molar-refractivity contribution is 0.767. The summed E-state index contributed by atoms with van der Waals surface area (Å²) in [6, 6.07) is 10.3. The van der Waals surface area contributed by atoms with Crippen LogP contribution in [0.1, 0.15) is 5.56 Å². The molecule has 0 saturated heterocycles. The molecular formula is C14H15N5. The van der Waals surface area contributed by atoms with E-state index in [1.807, 2.05) is 37.6 Å². The molecule has 0 amide bonds. The van der Waals surface area contributed by atoms with Gasteiger partial charge < -0.3 is 10.3 Å². The Labute approximate surface area is 111 Å². The molecule has 5 nitrogen and oxygen atoms in total. The minimum atomic E-state index is 0.659. The fourth-order valence-electron chi connectivity index (χ4n) is 2.06. The molecule has 0 radical (unpaired) electrons. The minimum Gasteiger partial charge on any atom is -0.397 e. The minimum absolute atomic E-state index is 0.659. The molecular weight excluding hydrogens is 238 g/mol. The molecule has 0 bridgehead atoms. The first-order valence-corrected chi connectivity index (χ1v) is 6.07. The molecule has 2 heterocycles. The zero-order chi connectivity index (χ0) is 13.2. The number of aromatic nitrogens is 4. The Kier molecular flexibility index (Phi) is 2.79. The summed E-state index contributed by atoms with van der Waals surface area (Å²) in [4.78, 5) is 4.23. The van der Waals surface area contributed by atoms with Crippen LogP contribution in [0.15, 0.2) is 49.1 Å². The molecule has 0 saturated carbocycles. The number of hydrogen-bond donors (Lipinski definition) is 1. The summed E-state index contributed by atoms with van der Waals surface area (Å²) in [5.74, 6) is 0.659. The third-order valence-corrected chi connectivity index (χ3v) is 2.96.